The second-order valence-corrected chi connectivity index (χ2v) is 4.46. The van der Waals surface area contributed by atoms with Crippen LogP contribution >= 0.6 is 0 Å². The third kappa shape index (κ3) is 2.90. The van der Waals surface area contributed by atoms with E-state index < -0.39 is 11.7 Å². The van der Waals surface area contributed by atoms with Crippen LogP contribution in [0.3, 0.4) is 0 Å². The van der Waals surface area contributed by atoms with Gasteiger partial charge in [-0.2, -0.15) is 13.2 Å². The van der Waals surface area contributed by atoms with Crippen molar-refractivity contribution in [2.45, 2.75) is 19.0 Å². The number of halogens is 3. The van der Waals surface area contributed by atoms with Crippen LogP contribution in [0, 0.1) is 5.92 Å². The molecule has 2 nitrogen and oxygen atoms in total. The first-order valence-electron chi connectivity index (χ1n) is 5.90. The van der Waals surface area contributed by atoms with Gasteiger partial charge in [0.15, 0.2) is 5.78 Å². The van der Waals surface area contributed by atoms with Gasteiger partial charge in [0.25, 0.3) is 0 Å². The zero-order valence-corrected chi connectivity index (χ0v) is 9.76. The number of ketones is 1. The van der Waals surface area contributed by atoms with E-state index in [1.54, 1.807) is 0 Å². The monoisotopic (exact) mass is 257 g/mol. The number of alkyl halides is 3. The Kier molecular flexibility index (Phi) is 3.71. The maximum Gasteiger partial charge on any atom is 0.416 e. The number of Topliss-reactive ketones (excluding diaryl/α,β-unsaturated/α-hetero) is 1. The van der Waals surface area contributed by atoms with Gasteiger partial charge in [-0.25, -0.2) is 0 Å². The molecule has 0 atom stereocenters. The summed E-state index contributed by atoms with van der Waals surface area (Å²) < 4.78 is 37.1. The zero-order valence-electron chi connectivity index (χ0n) is 9.76. The third-order valence-corrected chi connectivity index (χ3v) is 3.21. The fourth-order valence-electron chi connectivity index (χ4n) is 2.14. The van der Waals surface area contributed by atoms with E-state index in [1.807, 2.05) is 0 Å². The van der Waals surface area contributed by atoms with Crippen LogP contribution < -0.4 is 5.32 Å². The number of carbonyl (C=O) groups excluding carboxylic acids is 1. The van der Waals surface area contributed by atoms with Gasteiger partial charge in [0.2, 0.25) is 0 Å². The SMILES string of the molecule is O=C(c1ccc(C(F)(F)F)cc1)C1CCNCC1. The molecule has 0 spiro atoms. The summed E-state index contributed by atoms with van der Waals surface area (Å²) in [5.41, 5.74) is -0.348. The molecule has 1 aliphatic rings. The average Bonchev–Trinajstić information content (AvgIpc) is 2.38. The molecule has 18 heavy (non-hydrogen) atoms. The summed E-state index contributed by atoms with van der Waals surface area (Å²) in [5, 5.41) is 3.15. The minimum Gasteiger partial charge on any atom is -0.317 e. The van der Waals surface area contributed by atoms with Gasteiger partial charge in [-0.15, -0.1) is 0 Å². The summed E-state index contributed by atoms with van der Waals surface area (Å²) in [7, 11) is 0. The maximum absolute atomic E-state index is 12.4. The Hall–Kier alpha value is -1.36. The summed E-state index contributed by atoms with van der Waals surface area (Å²) in [6.07, 6.45) is -2.85. The lowest BCUT2D eigenvalue weighted by molar-refractivity contribution is -0.137. The lowest BCUT2D eigenvalue weighted by Gasteiger charge is -2.21. The van der Waals surface area contributed by atoms with Crippen molar-refractivity contribution in [3.05, 3.63) is 35.4 Å². The summed E-state index contributed by atoms with van der Waals surface area (Å²) >= 11 is 0. The molecule has 1 fully saturated rings. The lowest BCUT2D eigenvalue weighted by Crippen LogP contribution is -2.31. The number of hydrogen-bond acceptors (Lipinski definition) is 2. The fourth-order valence-corrected chi connectivity index (χ4v) is 2.14. The minimum absolute atomic E-state index is 0.0507. The number of rotatable bonds is 2. The van der Waals surface area contributed by atoms with Crippen LogP contribution in [0.1, 0.15) is 28.8 Å². The van der Waals surface area contributed by atoms with Crippen molar-refractivity contribution in [3.8, 4) is 0 Å². The molecule has 0 radical (unpaired) electrons. The number of benzene rings is 1. The second kappa shape index (κ2) is 5.10. The van der Waals surface area contributed by atoms with Crippen LogP contribution in [-0.4, -0.2) is 18.9 Å². The quantitative estimate of drug-likeness (QED) is 0.825. The smallest absolute Gasteiger partial charge is 0.317 e. The van der Waals surface area contributed by atoms with Crippen LogP contribution in [0.25, 0.3) is 0 Å². The molecule has 1 aliphatic heterocycles. The molecular weight excluding hydrogens is 243 g/mol. The van der Waals surface area contributed by atoms with E-state index in [-0.39, 0.29) is 11.7 Å². The van der Waals surface area contributed by atoms with Crippen molar-refractivity contribution in [1.82, 2.24) is 5.32 Å². The summed E-state index contributed by atoms with van der Waals surface area (Å²) in [5.74, 6) is -0.117. The van der Waals surface area contributed by atoms with Crippen molar-refractivity contribution < 1.29 is 18.0 Å². The first-order chi connectivity index (χ1) is 8.48. The van der Waals surface area contributed by atoms with Crippen LogP contribution in [0.5, 0.6) is 0 Å². The molecule has 0 unspecified atom stereocenters. The van der Waals surface area contributed by atoms with Crippen molar-refractivity contribution in [1.29, 1.82) is 0 Å². The van der Waals surface area contributed by atoms with E-state index in [9.17, 15) is 18.0 Å². The predicted octanol–water partition coefficient (Wildman–Crippen LogP) is 2.89. The van der Waals surface area contributed by atoms with E-state index in [4.69, 9.17) is 0 Å². The topological polar surface area (TPSA) is 29.1 Å². The molecule has 2 rings (SSSR count). The van der Waals surface area contributed by atoms with Gasteiger partial charge in [-0.1, -0.05) is 12.1 Å². The maximum atomic E-state index is 12.4. The van der Waals surface area contributed by atoms with Gasteiger partial charge in [0, 0.05) is 11.5 Å². The van der Waals surface area contributed by atoms with Gasteiger partial charge >= 0.3 is 6.18 Å². The average molecular weight is 257 g/mol. The Balaban J connectivity index is 2.11. The number of nitrogens with one attached hydrogen (secondary N) is 1. The van der Waals surface area contributed by atoms with E-state index in [0.717, 1.165) is 38.1 Å². The highest BCUT2D eigenvalue weighted by Crippen LogP contribution is 2.29. The Morgan fingerprint density at radius 2 is 1.67 bits per heavy atom. The Morgan fingerprint density at radius 3 is 2.17 bits per heavy atom. The first kappa shape index (κ1) is 13.1. The molecule has 0 saturated carbocycles. The lowest BCUT2D eigenvalue weighted by atomic mass is 9.89. The fraction of sp³-hybridized carbons (Fsp3) is 0.462. The van der Waals surface area contributed by atoms with Crippen LogP contribution in [0.4, 0.5) is 13.2 Å². The summed E-state index contributed by atoms with van der Waals surface area (Å²) in [6, 6.07) is 4.48. The van der Waals surface area contributed by atoms with E-state index in [1.165, 1.54) is 12.1 Å². The zero-order chi connectivity index (χ0) is 13.2. The van der Waals surface area contributed by atoms with Gasteiger partial charge in [0.1, 0.15) is 0 Å². The van der Waals surface area contributed by atoms with Gasteiger partial charge in [0.05, 0.1) is 5.56 Å². The van der Waals surface area contributed by atoms with Gasteiger partial charge in [-0.05, 0) is 38.1 Å². The van der Waals surface area contributed by atoms with Crippen LogP contribution in [0.2, 0.25) is 0 Å². The molecule has 98 valence electrons. The second-order valence-electron chi connectivity index (χ2n) is 4.46. The van der Waals surface area contributed by atoms with Gasteiger partial charge < -0.3 is 5.32 Å². The summed E-state index contributed by atoms with van der Waals surface area (Å²) in [6.45, 7) is 1.58. The molecule has 1 saturated heterocycles. The molecule has 1 heterocycles. The predicted molar refractivity (Wildman–Crippen MR) is 61.4 cm³/mol. The molecule has 0 amide bonds. The number of hydrogen-bond donors (Lipinski definition) is 1. The highest BCUT2D eigenvalue weighted by molar-refractivity contribution is 5.97. The van der Waals surface area contributed by atoms with Crippen molar-refractivity contribution in [2.75, 3.05) is 13.1 Å². The molecule has 1 aromatic rings. The molecule has 0 aliphatic carbocycles. The third-order valence-electron chi connectivity index (χ3n) is 3.21. The van der Waals surface area contributed by atoms with Crippen molar-refractivity contribution >= 4 is 5.78 Å². The van der Waals surface area contributed by atoms with E-state index >= 15 is 0 Å². The Labute approximate surface area is 103 Å². The molecule has 0 bridgehead atoms. The Bertz CT molecular complexity index is 419. The minimum atomic E-state index is -4.35. The molecule has 1 aromatic carbocycles. The van der Waals surface area contributed by atoms with Crippen molar-refractivity contribution in [2.24, 2.45) is 5.92 Å². The van der Waals surface area contributed by atoms with Gasteiger partial charge in [-0.3, -0.25) is 4.79 Å². The van der Waals surface area contributed by atoms with E-state index in [2.05, 4.69) is 5.32 Å². The number of carbonyl (C=O) groups is 1. The number of piperidine rings is 1. The summed E-state index contributed by atoms with van der Waals surface area (Å²) in [4.78, 5) is 12.1. The highest BCUT2D eigenvalue weighted by atomic mass is 19.4. The molecule has 1 N–H and O–H groups in total. The van der Waals surface area contributed by atoms with Crippen molar-refractivity contribution in [3.63, 3.8) is 0 Å². The first-order valence-corrected chi connectivity index (χ1v) is 5.90. The van der Waals surface area contributed by atoms with Crippen LogP contribution in [0.15, 0.2) is 24.3 Å². The standard InChI is InChI=1S/C13H14F3NO/c14-13(15,16)11-3-1-9(2-4-11)12(18)10-5-7-17-8-6-10/h1-4,10,17H,5-8H2. The highest BCUT2D eigenvalue weighted by Gasteiger charge is 2.30. The van der Waals surface area contributed by atoms with Crippen LogP contribution in [-0.2, 0) is 6.18 Å². The Morgan fingerprint density at radius 1 is 1.11 bits per heavy atom. The largest absolute Gasteiger partial charge is 0.416 e. The normalized spacial score (nSPS) is 17.7. The van der Waals surface area contributed by atoms with E-state index in [0.29, 0.717) is 5.56 Å². The molecule has 0 aromatic heterocycles. The molecular formula is C13H14F3NO. The molecule has 5 heteroatoms.